The Morgan fingerprint density at radius 2 is 2.06 bits per heavy atom. The predicted octanol–water partition coefficient (Wildman–Crippen LogP) is 2.79. The Morgan fingerprint density at radius 3 is 2.78 bits per heavy atom. The maximum Gasteiger partial charge on any atom is 0.299 e. The van der Waals surface area contributed by atoms with Crippen molar-refractivity contribution in [1.29, 1.82) is 0 Å². The van der Waals surface area contributed by atoms with Gasteiger partial charge in [0.2, 0.25) is 0 Å². The van der Waals surface area contributed by atoms with Crippen LogP contribution in [0.5, 0.6) is 0 Å². The van der Waals surface area contributed by atoms with Crippen LogP contribution in [-0.4, -0.2) is 11.7 Å². The summed E-state index contributed by atoms with van der Waals surface area (Å²) in [5, 5.41) is 1.97. The summed E-state index contributed by atoms with van der Waals surface area (Å²) in [6, 6.07) is 9.46. The highest BCUT2D eigenvalue weighted by Gasteiger charge is 2.35. The smallest absolute Gasteiger partial charge is 0.299 e. The Balaban J connectivity index is 2.02. The molecule has 1 amide bonds. The van der Waals surface area contributed by atoms with Crippen LogP contribution in [0.15, 0.2) is 35.7 Å². The quantitative estimate of drug-likeness (QED) is 0.776. The number of anilines is 1. The summed E-state index contributed by atoms with van der Waals surface area (Å²) >= 11 is 1.59. The minimum Gasteiger partial charge on any atom is -0.300 e. The monoisotopic (exact) mass is 257 g/mol. The maximum atomic E-state index is 12.0. The molecule has 90 valence electrons. The average Bonchev–Trinajstić information content (AvgIpc) is 2.94. The van der Waals surface area contributed by atoms with Crippen molar-refractivity contribution < 1.29 is 9.59 Å². The third kappa shape index (κ3) is 1.66. The molecule has 0 aliphatic carbocycles. The Hall–Kier alpha value is -1.94. The molecule has 3 rings (SSSR count). The van der Waals surface area contributed by atoms with Crippen LogP contribution >= 0.6 is 11.3 Å². The van der Waals surface area contributed by atoms with E-state index >= 15 is 0 Å². The maximum absolute atomic E-state index is 12.0. The van der Waals surface area contributed by atoms with Gasteiger partial charge in [0.1, 0.15) is 0 Å². The van der Waals surface area contributed by atoms with E-state index < -0.39 is 11.7 Å². The minimum absolute atomic E-state index is 0.398. The van der Waals surface area contributed by atoms with Crippen LogP contribution in [-0.2, 0) is 11.3 Å². The standard InChI is InChI=1S/C14H11NO2S/c1-9-4-5-12-11(7-9)13(16)14(17)15(12)8-10-3-2-6-18-10/h2-7H,8H2,1H3. The normalized spacial score (nSPS) is 14.2. The lowest BCUT2D eigenvalue weighted by Gasteiger charge is -2.15. The van der Waals surface area contributed by atoms with Crippen LogP contribution < -0.4 is 4.90 Å². The number of carbonyl (C=O) groups is 2. The largest absolute Gasteiger partial charge is 0.300 e. The second-order valence-electron chi connectivity index (χ2n) is 4.32. The molecular formula is C14H11NO2S. The molecule has 1 aliphatic rings. The number of benzene rings is 1. The summed E-state index contributed by atoms with van der Waals surface area (Å²) in [4.78, 5) is 26.5. The minimum atomic E-state index is -0.427. The van der Waals surface area contributed by atoms with Gasteiger partial charge in [0.25, 0.3) is 11.7 Å². The van der Waals surface area contributed by atoms with Gasteiger partial charge in [-0.1, -0.05) is 17.7 Å². The number of hydrogen-bond donors (Lipinski definition) is 0. The zero-order valence-electron chi connectivity index (χ0n) is 9.84. The van der Waals surface area contributed by atoms with Gasteiger partial charge in [-0.2, -0.15) is 0 Å². The van der Waals surface area contributed by atoms with Crippen molar-refractivity contribution in [2.75, 3.05) is 4.90 Å². The van der Waals surface area contributed by atoms with E-state index in [0.29, 0.717) is 12.1 Å². The molecule has 0 bridgehead atoms. The van der Waals surface area contributed by atoms with E-state index in [1.807, 2.05) is 36.6 Å². The molecule has 1 aliphatic heterocycles. The van der Waals surface area contributed by atoms with Gasteiger partial charge in [-0.05, 0) is 30.5 Å². The van der Waals surface area contributed by atoms with Crippen LogP contribution in [0.3, 0.4) is 0 Å². The summed E-state index contributed by atoms with van der Waals surface area (Å²) in [5.41, 5.74) is 2.24. The number of fused-ring (bicyclic) bond motifs is 1. The molecule has 0 N–H and O–H groups in total. The summed E-state index contributed by atoms with van der Waals surface area (Å²) in [5.74, 6) is -0.825. The second-order valence-corrected chi connectivity index (χ2v) is 5.35. The van der Waals surface area contributed by atoms with Gasteiger partial charge in [0.05, 0.1) is 17.8 Å². The number of nitrogens with zero attached hydrogens (tertiary/aromatic N) is 1. The molecule has 3 nitrogen and oxygen atoms in total. The number of ketones is 1. The fourth-order valence-electron chi connectivity index (χ4n) is 2.13. The molecule has 2 heterocycles. The Morgan fingerprint density at radius 1 is 1.22 bits per heavy atom. The van der Waals surface area contributed by atoms with Crippen molar-refractivity contribution >= 4 is 28.7 Å². The number of rotatable bonds is 2. The van der Waals surface area contributed by atoms with Gasteiger partial charge in [0.15, 0.2) is 0 Å². The highest BCUT2D eigenvalue weighted by Crippen LogP contribution is 2.31. The van der Waals surface area contributed by atoms with Gasteiger partial charge in [-0.25, -0.2) is 0 Å². The number of aryl methyl sites for hydroxylation is 1. The van der Waals surface area contributed by atoms with Crippen molar-refractivity contribution in [1.82, 2.24) is 0 Å². The summed E-state index contributed by atoms with van der Waals surface area (Å²) in [7, 11) is 0. The lowest BCUT2D eigenvalue weighted by Crippen LogP contribution is -2.28. The number of thiophene rings is 1. The molecule has 1 aromatic heterocycles. The third-order valence-electron chi connectivity index (χ3n) is 3.02. The molecule has 4 heteroatoms. The van der Waals surface area contributed by atoms with E-state index in [9.17, 15) is 9.59 Å². The van der Waals surface area contributed by atoms with Gasteiger partial charge in [0, 0.05) is 4.88 Å². The van der Waals surface area contributed by atoms with E-state index in [0.717, 1.165) is 16.1 Å². The van der Waals surface area contributed by atoms with Crippen LogP contribution in [0.4, 0.5) is 5.69 Å². The van der Waals surface area contributed by atoms with Gasteiger partial charge >= 0.3 is 0 Å². The zero-order valence-corrected chi connectivity index (χ0v) is 10.7. The molecule has 0 fully saturated rings. The summed E-state index contributed by atoms with van der Waals surface area (Å²) < 4.78 is 0. The van der Waals surface area contributed by atoms with E-state index in [1.165, 1.54) is 0 Å². The van der Waals surface area contributed by atoms with Gasteiger partial charge < -0.3 is 0 Å². The molecule has 2 aromatic rings. The summed E-state index contributed by atoms with van der Waals surface area (Å²) in [6.07, 6.45) is 0. The number of hydrogen-bond acceptors (Lipinski definition) is 3. The van der Waals surface area contributed by atoms with Crippen molar-refractivity contribution in [3.8, 4) is 0 Å². The topological polar surface area (TPSA) is 37.4 Å². The van der Waals surface area contributed by atoms with Crippen LogP contribution in [0, 0.1) is 6.92 Å². The first kappa shape index (κ1) is 11.2. The first-order valence-corrected chi connectivity index (χ1v) is 6.54. The van der Waals surface area contributed by atoms with E-state index in [4.69, 9.17) is 0 Å². The fourth-order valence-corrected chi connectivity index (χ4v) is 2.82. The van der Waals surface area contributed by atoms with Crippen molar-refractivity contribution in [3.05, 3.63) is 51.7 Å². The highest BCUT2D eigenvalue weighted by atomic mass is 32.1. The first-order valence-electron chi connectivity index (χ1n) is 5.66. The second kappa shape index (κ2) is 4.07. The molecule has 0 unspecified atom stereocenters. The van der Waals surface area contributed by atoms with Crippen molar-refractivity contribution in [2.24, 2.45) is 0 Å². The number of carbonyl (C=O) groups excluding carboxylic acids is 2. The SMILES string of the molecule is Cc1ccc2c(c1)C(=O)C(=O)N2Cc1cccs1. The number of Topliss-reactive ketones (excluding diaryl/α,β-unsaturated/α-hetero) is 1. The lowest BCUT2D eigenvalue weighted by molar-refractivity contribution is -0.114. The molecule has 0 atom stereocenters. The Labute approximate surface area is 109 Å². The van der Waals surface area contributed by atoms with Crippen LogP contribution in [0.1, 0.15) is 20.8 Å². The van der Waals surface area contributed by atoms with Gasteiger partial charge in [-0.15, -0.1) is 11.3 Å². The van der Waals surface area contributed by atoms with Gasteiger partial charge in [-0.3, -0.25) is 14.5 Å². The zero-order chi connectivity index (χ0) is 12.7. The molecule has 0 radical (unpaired) electrons. The lowest BCUT2D eigenvalue weighted by atomic mass is 10.1. The molecular weight excluding hydrogens is 246 g/mol. The molecule has 0 spiro atoms. The van der Waals surface area contributed by atoms with E-state index in [2.05, 4.69) is 0 Å². The molecule has 0 saturated carbocycles. The van der Waals surface area contributed by atoms with Crippen molar-refractivity contribution in [2.45, 2.75) is 13.5 Å². The van der Waals surface area contributed by atoms with Crippen LogP contribution in [0.2, 0.25) is 0 Å². The fraction of sp³-hybridized carbons (Fsp3) is 0.143. The van der Waals surface area contributed by atoms with E-state index in [-0.39, 0.29) is 0 Å². The average molecular weight is 257 g/mol. The van der Waals surface area contributed by atoms with Crippen LogP contribution in [0.25, 0.3) is 0 Å². The highest BCUT2D eigenvalue weighted by molar-refractivity contribution is 7.09. The summed E-state index contributed by atoms with van der Waals surface area (Å²) in [6.45, 7) is 2.39. The van der Waals surface area contributed by atoms with Crippen molar-refractivity contribution in [3.63, 3.8) is 0 Å². The Kier molecular flexibility index (Phi) is 2.52. The Bertz CT molecular complexity index is 631. The molecule has 1 aromatic carbocycles. The predicted molar refractivity (Wildman–Crippen MR) is 71.0 cm³/mol. The molecule has 0 saturated heterocycles. The molecule has 18 heavy (non-hydrogen) atoms. The van der Waals surface area contributed by atoms with E-state index in [1.54, 1.807) is 22.3 Å². The number of amides is 1. The third-order valence-corrected chi connectivity index (χ3v) is 3.88. The first-order chi connectivity index (χ1) is 8.66.